The third kappa shape index (κ3) is 2.70. The molecule has 0 saturated carbocycles. The van der Waals surface area contributed by atoms with Gasteiger partial charge in [0.15, 0.2) is 0 Å². The first kappa shape index (κ1) is 12.9. The van der Waals surface area contributed by atoms with Gasteiger partial charge in [0.1, 0.15) is 5.84 Å². The molecule has 86 valence electrons. The van der Waals surface area contributed by atoms with Crippen molar-refractivity contribution >= 4 is 44.7 Å². The molecule has 7 heteroatoms. The number of halogens is 2. The second kappa shape index (κ2) is 5.27. The largest absolute Gasteiger partial charge is 0.386 e. The van der Waals surface area contributed by atoms with Gasteiger partial charge in [0.05, 0.1) is 26.5 Å². The summed E-state index contributed by atoms with van der Waals surface area (Å²) < 4.78 is 0.415. The molecule has 0 aromatic heterocycles. The van der Waals surface area contributed by atoms with E-state index in [1.165, 1.54) is 0 Å². The maximum atomic E-state index is 10.8. The van der Waals surface area contributed by atoms with Crippen LogP contribution in [-0.4, -0.2) is 16.6 Å². The maximum absolute atomic E-state index is 10.8. The molecule has 1 aromatic carbocycles. The molecule has 1 aromatic rings. The van der Waals surface area contributed by atoms with Crippen LogP contribution >= 0.6 is 27.5 Å². The normalized spacial score (nSPS) is 11.6. The molecule has 16 heavy (non-hydrogen) atoms. The van der Waals surface area contributed by atoms with Crippen molar-refractivity contribution in [2.24, 2.45) is 10.7 Å². The molecule has 0 aliphatic heterocycles. The number of aliphatic imine (C=N–C) groups is 1. The van der Waals surface area contributed by atoms with E-state index in [1.54, 1.807) is 19.1 Å². The Morgan fingerprint density at radius 1 is 1.69 bits per heavy atom. The molecule has 0 atom stereocenters. The summed E-state index contributed by atoms with van der Waals surface area (Å²) in [5, 5.41) is 10.8. The number of nitro benzene ring substituents is 1. The molecular formula is C9H9BrClN3O2. The Morgan fingerprint density at radius 3 is 2.81 bits per heavy atom. The van der Waals surface area contributed by atoms with E-state index in [0.717, 1.165) is 0 Å². The highest BCUT2D eigenvalue weighted by Gasteiger charge is 2.18. The SMILES string of the molecule is Cc1c(N=C(N)CCl)ccc(Br)c1[N+](=O)[O-]. The Labute approximate surface area is 106 Å². The van der Waals surface area contributed by atoms with Crippen molar-refractivity contribution in [2.45, 2.75) is 6.92 Å². The van der Waals surface area contributed by atoms with Gasteiger partial charge in [-0.05, 0) is 35.0 Å². The van der Waals surface area contributed by atoms with Gasteiger partial charge in [0, 0.05) is 0 Å². The molecule has 1 rings (SSSR count). The number of alkyl halides is 1. The summed E-state index contributed by atoms with van der Waals surface area (Å²) in [5.41, 5.74) is 6.37. The van der Waals surface area contributed by atoms with Gasteiger partial charge >= 0.3 is 0 Å². The van der Waals surface area contributed by atoms with E-state index in [-0.39, 0.29) is 17.4 Å². The van der Waals surface area contributed by atoms with Crippen molar-refractivity contribution in [3.8, 4) is 0 Å². The molecule has 0 bridgehead atoms. The van der Waals surface area contributed by atoms with Crippen LogP contribution in [-0.2, 0) is 0 Å². The number of hydrogen-bond donors (Lipinski definition) is 1. The molecule has 0 aliphatic carbocycles. The smallest absolute Gasteiger partial charge is 0.288 e. The summed E-state index contributed by atoms with van der Waals surface area (Å²) in [6.07, 6.45) is 0. The fourth-order valence-electron chi connectivity index (χ4n) is 1.19. The second-order valence-corrected chi connectivity index (χ2v) is 4.16. The minimum absolute atomic E-state index is 0.0105. The molecular weight excluding hydrogens is 297 g/mol. The topological polar surface area (TPSA) is 81.5 Å². The monoisotopic (exact) mass is 305 g/mol. The molecule has 5 nitrogen and oxygen atoms in total. The zero-order valence-electron chi connectivity index (χ0n) is 8.41. The molecule has 0 fully saturated rings. The summed E-state index contributed by atoms with van der Waals surface area (Å²) in [5.74, 6) is 0.310. The molecule has 0 radical (unpaired) electrons. The summed E-state index contributed by atoms with van der Waals surface area (Å²) >= 11 is 8.61. The first-order valence-corrected chi connectivity index (χ1v) is 5.62. The van der Waals surface area contributed by atoms with Gasteiger partial charge in [-0.2, -0.15) is 0 Å². The Balaban J connectivity index is 3.35. The number of nitro groups is 1. The van der Waals surface area contributed by atoms with Crippen LogP contribution < -0.4 is 5.73 Å². The van der Waals surface area contributed by atoms with Gasteiger partial charge in [0.25, 0.3) is 5.69 Å². The molecule has 0 amide bonds. The van der Waals surface area contributed by atoms with E-state index in [4.69, 9.17) is 17.3 Å². The van der Waals surface area contributed by atoms with E-state index in [9.17, 15) is 10.1 Å². The number of nitrogens with two attached hydrogens (primary N) is 1. The molecule has 0 heterocycles. The number of nitrogens with zero attached hydrogens (tertiary/aromatic N) is 2. The van der Waals surface area contributed by atoms with Crippen molar-refractivity contribution in [3.05, 3.63) is 32.3 Å². The highest BCUT2D eigenvalue weighted by molar-refractivity contribution is 9.10. The lowest BCUT2D eigenvalue weighted by atomic mass is 10.1. The van der Waals surface area contributed by atoms with E-state index >= 15 is 0 Å². The minimum atomic E-state index is -0.463. The average molecular weight is 307 g/mol. The first-order chi connectivity index (χ1) is 7.47. The summed E-state index contributed by atoms with van der Waals surface area (Å²) in [6.45, 7) is 1.61. The van der Waals surface area contributed by atoms with Crippen LogP contribution in [0.25, 0.3) is 0 Å². The lowest BCUT2D eigenvalue weighted by Crippen LogP contribution is -2.12. The van der Waals surface area contributed by atoms with E-state index < -0.39 is 4.92 Å². The van der Waals surface area contributed by atoms with Crippen molar-refractivity contribution in [1.29, 1.82) is 0 Å². The fourth-order valence-corrected chi connectivity index (χ4v) is 1.82. The zero-order valence-corrected chi connectivity index (χ0v) is 10.7. The quantitative estimate of drug-likeness (QED) is 0.306. The standard InChI is InChI=1S/C9H9BrClN3O2/c1-5-7(13-8(12)4-11)3-2-6(10)9(5)14(15)16/h2-3H,4H2,1H3,(H2,12,13). The minimum Gasteiger partial charge on any atom is -0.386 e. The van der Waals surface area contributed by atoms with Crippen LogP contribution in [0.4, 0.5) is 11.4 Å². The Hall–Kier alpha value is -1.14. The van der Waals surface area contributed by atoms with E-state index in [0.29, 0.717) is 15.7 Å². The Morgan fingerprint density at radius 2 is 2.31 bits per heavy atom. The van der Waals surface area contributed by atoms with Crippen molar-refractivity contribution in [2.75, 3.05) is 5.88 Å². The van der Waals surface area contributed by atoms with Gasteiger partial charge in [-0.3, -0.25) is 10.1 Å². The average Bonchev–Trinajstić information content (AvgIpc) is 2.21. The van der Waals surface area contributed by atoms with Crippen LogP contribution in [0, 0.1) is 17.0 Å². The third-order valence-electron chi connectivity index (χ3n) is 1.94. The third-order valence-corrected chi connectivity index (χ3v) is 2.85. The number of amidine groups is 1. The summed E-state index contributed by atoms with van der Waals surface area (Å²) in [6, 6.07) is 3.21. The summed E-state index contributed by atoms with van der Waals surface area (Å²) in [7, 11) is 0. The number of hydrogen-bond acceptors (Lipinski definition) is 3. The second-order valence-electron chi connectivity index (χ2n) is 3.03. The van der Waals surface area contributed by atoms with Gasteiger partial charge in [-0.1, -0.05) is 0 Å². The Bertz CT molecular complexity index is 462. The molecule has 2 N–H and O–H groups in total. The van der Waals surface area contributed by atoms with Gasteiger partial charge in [-0.15, -0.1) is 11.6 Å². The fraction of sp³-hybridized carbons (Fsp3) is 0.222. The van der Waals surface area contributed by atoms with E-state index in [2.05, 4.69) is 20.9 Å². The molecule has 0 saturated heterocycles. The lowest BCUT2D eigenvalue weighted by molar-refractivity contribution is -0.386. The van der Waals surface area contributed by atoms with E-state index in [1.807, 2.05) is 0 Å². The van der Waals surface area contributed by atoms with Crippen LogP contribution in [0.5, 0.6) is 0 Å². The highest BCUT2D eigenvalue weighted by Crippen LogP contribution is 2.34. The van der Waals surface area contributed by atoms with Crippen LogP contribution in [0.2, 0.25) is 0 Å². The van der Waals surface area contributed by atoms with Crippen LogP contribution in [0.15, 0.2) is 21.6 Å². The molecule has 0 aliphatic rings. The predicted molar refractivity (Wildman–Crippen MR) is 67.5 cm³/mol. The maximum Gasteiger partial charge on any atom is 0.288 e. The zero-order chi connectivity index (χ0) is 12.3. The lowest BCUT2D eigenvalue weighted by Gasteiger charge is -2.04. The number of benzene rings is 1. The first-order valence-electron chi connectivity index (χ1n) is 4.30. The van der Waals surface area contributed by atoms with Crippen LogP contribution in [0.3, 0.4) is 0 Å². The van der Waals surface area contributed by atoms with Gasteiger partial charge in [0.2, 0.25) is 0 Å². The predicted octanol–water partition coefficient (Wildman–Crippen LogP) is 2.89. The van der Waals surface area contributed by atoms with Gasteiger partial charge in [-0.25, -0.2) is 4.99 Å². The summed E-state index contributed by atoms with van der Waals surface area (Å²) in [4.78, 5) is 14.4. The van der Waals surface area contributed by atoms with Gasteiger partial charge < -0.3 is 5.73 Å². The van der Waals surface area contributed by atoms with Crippen molar-refractivity contribution in [1.82, 2.24) is 0 Å². The molecule has 0 spiro atoms. The highest BCUT2D eigenvalue weighted by atomic mass is 79.9. The number of rotatable bonds is 3. The van der Waals surface area contributed by atoms with Crippen LogP contribution in [0.1, 0.15) is 5.56 Å². The van der Waals surface area contributed by atoms with Crippen molar-refractivity contribution in [3.63, 3.8) is 0 Å². The molecule has 0 unspecified atom stereocenters. The Kier molecular flexibility index (Phi) is 4.26. The van der Waals surface area contributed by atoms with Crippen molar-refractivity contribution < 1.29 is 4.92 Å².